The average Bonchev–Trinajstić information content (AvgIpc) is 2.33. The smallest absolute Gasteiger partial charge is 0.126 e. The molecule has 1 heterocycles. The van der Waals surface area contributed by atoms with E-state index in [-0.39, 0.29) is 5.82 Å². The van der Waals surface area contributed by atoms with E-state index in [1.165, 1.54) is 6.07 Å². The van der Waals surface area contributed by atoms with Gasteiger partial charge in [-0.3, -0.25) is 4.98 Å². The summed E-state index contributed by atoms with van der Waals surface area (Å²) in [5.41, 5.74) is 8.37. The van der Waals surface area contributed by atoms with Crippen molar-refractivity contribution in [1.29, 1.82) is 0 Å². The SMILES string of the molecule is Cc1cc(-c2cncc(CN)n2)ccc1F. The summed E-state index contributed by atoms with van der Waals surface area (Å²) >= 11 is 0. The number of nitrogens with zero attached hydrogens (tertiary/aromatic N) is 2. The Labute approximate surface area is 93.2 Å². The largest absolute Gasteiger partial charge is 0.325 e. The summed E-state index contributed by atoms with van der Waals surface area (Å²) in [5.74, 6) is -0.216. The van der Waals surface area contributed by atoms with E-state index >= 15 is 0 Å². The number of benzene rings is 1. The van der Waals surface area contributed by atoms with Crippen LogP contribution in [0.1, 0.15) is 11.3 Å². The zero-order chi connectivity index (χ0) is 11.5. The predicted molar refractivity (Wildman–Crippen MR) is 60.1 cm³/mol. The van der Waals surface area contributed by atoms with Crippen molar-refractivity contribution in [2.45, 2.75) is 13.5 Å². The van der Waals surface area contributed by atoms with Crippen molar-refractivity contribution in [3.8, 4) is 11.3 Å². The van der Waals surface area contributed by atoms with Gasteiger partial charge in [0.05, 0.1) is 17.6 Å². The van der Waals surface area contributed by atoms with Crippen molar-refractivity contribution in [2.75, 3.05) is 0 Å². The first kappa shape index (κ1) is 10.7. The molecule has 0 fully saturated rings. The van der Waals surface area contributed by atoms with Crippen LogP contribution in [0.5, 0.6) is 0 Å². The van der Waals surface area contributed by atoms with Gasteiger partial charge in [0.15, 0.2) is 0 Å². The molecule has 4 heteroatoms. The lowest BCUT2D eigenvalue weighted by atomic mass is 10.1. The fraction of sp³-hybridized carbons (Fsp3) is 0.167. The summed E-state index contributed by atoms with van der Waals surface area (Å²) in [6, 6.07) is 4.87. The molecule has 3 nitrogen and oxygen atoms in total. The zero-order valence-electron chi connectivity index (χ0n) is 8.94. The minimum absolute atomic E-state index is 0.216. The van der Waals surface area contributed by atoms with Crippen LogP contribution < -0.4 is 5.73 Å². The van der Waals surface area contributed by atoms with Crippen molar-refractivity contribution >= 4 is 0 Å². The van der Waals surface area contributed by atoms with E-state index in [2.05, 4.69) is 9.97 Å². The van der Waals surface area contributed by atoms with Crippen LogP contribution in [0, 0.1) is 12.7 Å². The molecule has 2 N–H and O–H groups in total. The normalized spacial score (nSPS) is 10.4. The third-order valence-corrected chi connectivity index (χ3v) is 2.35. The van der Waals surface area contributed by atoms with E-state index in [1.54, 1.807) is 31.5 Å². The van der Waals surface area contributed by atoms with Crippen LogP contribution in [0.15, 0.2) is 30.6 Å². The van der Waals surface area contributed by atoms with E-state index in [0.29, 0.717) is 17.8 Å². The fourth-order valence-electron chi connectivity index (χ4n) is 1.45. The van der Waals surface area contributed by atoms with Crippen LogP contribution in [0.4, 0.5) is 4.39 Å². The topological polar surface area (TPSA) is 51.8 Å². The van der Waals surface area contributed by atoms with Crippen LogP contribution in [0.3, 0.4) is 0 Å². The summed E-state index contributed by atoms with van der Waals surface area (Å²) < 4.78 is 13.1. The average molecular weight is 217 g/mol. The number of hydrogen-bond donors (Lipinski definition) is 1. The maximum Gasteiger partial charge on any atom is 0.126 e. The molecule has 0 unspecified atom stereocenters. The van der Waals surface area contributed by atoms with Gasteiger partial charge in [-0.2, -0.15) is 0 Å². The highest BCUT2D eigenvalue weighted by atomic mass is 19.1. The van der Waals surface area contributed by atoms with Crippen LogP contribution in [0.25, 0.3) is 11.3 Å². The molecule has 0 radical (unpaired) electrons. The molecule has 0 saturated heterocycles. The number of hydrogen-bond acceptors (Lipinski definition) is 3. The number of nitrogens with two attached hydrogens (primary N) is 1. The summed E-state index contributed by atoms with van der Waals surface area (Å²) in [7, 11) is 0. The van der Waals surface area contributed by atoms with Crippen molar-refractivity contribution < 1.29 is 4.39 Å². The van der Waals surface area contributed by atoms with Gasteiger partial charge in [-0.25, -0.2) is 9.37 Å². The minimum atomic E-state index is -0.216. The third-order valence-electron chi connectivity index (χ3n) is 2.35. The first-order chi connectivity index (χ1) is 7.70. The van der Waals surface area contributed by atoms with E-state index in [0.717, 1.165) is 11.3 Å². The van der Waals surface area contributed by atoms with Gasteiger partial charge in [-0.05, 0) is 30.7 Å². The maximum atomic E-state index is 13.1. The van der Waals surface area contributed by atoms with Gasteiger partial charge in [0, 0.05) is 18.3 Å². The molecule has 0 aliphatic carbocycles. The lowest BCUT2D eigenvalue weighted by molar-refractivity contribution is 0.618. The van der Waals surface area contributed by atoms with E-state index in [1.807, 2.05) is 0 Å². The molecular weight excluding hydrogens is 205 g/mol. The minimum Gasteiger partial charge on any atom is -0.325 e. The Kier molecular flexibility index (Phi) is 2.92. The molecule has 1 aromatic carbocycles. The monoisotopic (exact) mass is 217 g/mol. The highest BCUT2D eigenvalue weighted by Gasteiger charge is 2.04. The Morgan fingerprint density at radius 2 is 2.12 bits per heavy atom. The van der Waals surface area contributed by atoms with Crippen molar-refractivity contribution in [1.82, 2.24) is 9.97 Å². The molecule has 2 aromatic rings. The number of aryl methyl sites for hydroxylation is 1. The molecule has 0 bridgehead atoms. The first-order valence-electron chi connectivity index (χ1n) is 4.98. The van der Waals surface area contributed by atoms with Gasteiger partial charge >= 0.3 is 0 Å². The molecule has 16 heavy (non-hydrogen) atoms. The molecular formula is C12H12FN3. The van der Waals surface area contributed by atoms with Crippen LogP contribution in [0.2, 0.25) is 0 Å². The Balaban J connectivity index is 2.46. The van der Waals surface area contributed by atoms with Crippen molar-refractivity contribution in [3.63, 3.8) is 0 Å². The van der Waals surface area contributed by atoms with Crippen LogP contribution in [-0.2, 0) is 6.54 Å². The standard InChI is InChI=1S/C12H12FN3/c1-8-4-9(2-3-11(8)13)12-7-15-6-10(5-14)16-12/h2-4,6-7H,5,14H2,1H3. The summed E-state index contributed by atoms with van der Waals surface area (Å²) in [4.78, 5) is 8.37. The number of aromatic nitrogens is 2. The molecule has 82 valence electrons. The Morgan fingerprint density at radius 3 is 2.81 bits per heavy atom. The van der Waals surface area contributed by atoms with Crippen molar-refractivity contribution in [2.24, 2.45) is 5.73 Å². The highest BCUT2D eigenvalue weighted by Crippen LogP contribution is 2.19. The number of halogens is 1. The molecule has 1 aromatic heterocycles. The molecule has 0 aliphatic heterocycles. The van der Waals surface area contributed by atoms with Crippen LogP contribution in [-0.4, -0.2) is 9.97 Å². The fourth-order valence-corrected chi connectivity index (χ4v) is 1.45. The molecule has 0 saturated carbocycles. The molecule has 0 aliphatic rings. The van der Waals surface area contributed by atoms with Crippen molar-refractivity contribution in [3.05, 3.63) is 47.7 Å². The highest BCUT2D eigenvalue weighted by molar-refractivity contribution is 5.59. The second-order valence-electron chi connectivity index (χ2n) is 3.56. The van der Waals surface area contributed by atoms with Gasteiger partial charge in [0.25, 0.3) is 0 Å². The van der Waals surface area contributed by atoms with Gasteiger partial charge in [-0.15, -0.1) is 0 Å². The van der Waals surface area contributed by atoms with Gasteiger partial charge in [0.1, 0.15) is 5.82 Å². The Hall–Kier alpha value is -1.81. The molecule has 0 spiro atoms. The van der Waals surface area contributed by atoms with Gasteiger partial charge in [0.2, 0.25) is 0 Å². The molecule has 0 atom stereocenters. The lowest BCUT2D eigenvalue weighted by Gasteiger charge is -2.04. The van der Waals surface area contributed by atoms with Gasteiger partial charge < -0.3 is 5.73 Å². The third kappa shape index (κ3) is 2.06. The van der Waals surface area contributed by atoms with E-state index < -0.39 is 0 Å². The summed E-state index contributed by atoms with van der Waals surface area (Å²) in [6.07, 6.45) is 3.27. The molecule has 0 amide bonds. The zero-order valence-corrected chi connectivity index (χ0v) is 8.94. The second-order valence-corrected chi connectivity index (χ2v) is 3.56. The second kappa shape index (κ2) is 4.37. The van der Waals surface area contributed by atoms with E-state index in [4.69, 9.17) is 5.73 Å². The van der Waals surface area contributed by atoms with Gasteiger partial charge in [-0.1, -0.05) is 0 Å². The summed E-state index contributed by atoms with van der Waals surface area (Å²) in [6.45, 7) is 2.07. The Morgan fingerprint density at radius 1 is 1.31 bits per heavy atom. The summed E-state index contributed by atoms with van der Waals surface area (Å²) in [5, 5.41) is 0. The Bertz CT molecular complexity index is 511. The van der Waals surface area contributed by atoms with E-state index in [9.17, 15) is 4.39 Å². The number of rotatable bonds is 2. The lowest BCUT2D eigenvalue weighted by Crippen LogP contribution is -2.01. The first-order valence-corrected chi connectivity index (χ1v) is 4.98. The van der Waals surface area contributed by atoms with Crippen LogP contribution >= 0.6 is 0 Å². The molecule has 2 rings (SSSR count). The quantitative estimate of drug-likeness (QED) is 0.837. The maximum absolute atomic E-state index is 13.1. The predicted octanol–water partition coefficient (Wildman–Crippen LogP) is 2.05.